The number of aromatic hydroxyl groups is 1. The molecule has 0 radical (unpaired) electrons. The Kier molecular flexibility index (Phi) is 4.89. The van der Waals surface area contributed by atoms with Crippen molar-refractivity contribution < 1.29 is 5.11 Å². The van der Waals surface area contributed by atoms with E-state index in [1.54, 1.807) is 12.1 Å². The molecule has 0 bridgehead atoms. The predicted molar refractivity (Wildman–Crippen MR) is 107 cm³/mol. The maximum atomic E-state index is 9.43. The number of hydrogen-bond donors (Lipinski definition) is 1. The summed E-state index contributed by atoms with van der Waals surface area (Å²) in [5.41, 5.74) is 5.09. The first kappa shape index (κ1) is 16.7. The van der Waals surface area contributed by atoms with Crippen LogP contribution in [0.2, 0.25) is 0 Å². The van der Waals surface area contributed by atoms with Gasteiger partial charge in [0.25, 0.3) is 0 Å². The van der Waals surface area contributed by atoms with Crippen molar-refractivity contribution in [1.29, 1.82) is 0 Å². The van der Waals surface area contributed by atoms with Crippen LogP contribution in [-0.2, 0) is 6.54 Å². The van der Waals surface area contributed by atoms with Gasteiger partial charge in [0.05, 0.1) is 0 Å². The van der Waals surface area contributed by atoms with Crippen LogP contribution in [0.3, 0.4) is 0 Å². The van der Waals surface area contributed by atoms with Crippen LogP contribution in [0.25, 0.3) is 11.1 Å². The lowest BCUT2D eigenvalue weighted by atomic mass is 10.0. The largest absolute Gasteiger partial charge is 0.508 e. The van der Waals surface area contributed by atoms with Crippen LogP contribution in [0.5, 0.6) is 5.75 Å². The van der Waals surface area contributed by atoms with Crippen LogP contribution in [0.15, 0.2) is 78.9 Å². The molecule has 1 heterocycles. The number of nitrogens with zero attached hydrogens (tertiary/aromatic N) is 2. The average molecular weight is 344 g/mol. The van der Waals surface area contributed by atoms with Gasteiger partial charge in [-0.15, -0.1) is 0 Å². The molecular formula is C23H24N2O. The molecule has 0 saturated carbocycles. The van der Waals surface area contributed by atoms with Gasteiger partial charge >= 0.3 is 0 Å². The highest BCUT2D eigenvalue weighted by Crippen LogP contribution is 2.22. The molecule has 1 aliphatic heterocycles. The van der Waals surface area contributed by atoms with E-state index in [2.05, 4.69) is 64.4 Å². The van der Waals surface area contributed by atoms with Crippen LogP contribution in [0, 0.1) is 0 Å². The molecule has 1 fully saturated rings. The second kappa shape index (κ2) is 7.63. The van der Waals surface area contributed by atoms with Gasteiger partial charge in [-0.2, -0.15) is 0 Å². The summed E-state index contributed by atoms with van der Waals surface area (Å²) in [6.45, 7) is 5.15. The molecule has 0 atom stereocenters. The third-order valence-corrected chi connectivity index (χ3v) is 5.05. The maximum absolute atomic E-state index is 9.43. The maximum Gasteiger partial charge on any atom is 0.115 e. The van der Waals surface area contributed by atoms with Gasteiger partial charge in [-0.1, -0.05) is 54.6 Å². The number of hydrogen-bond acceptors (Lipinski definition) is 3. The monoisotopic (exact) mass is 344 g/mol. The summed E-state index contributed by atoms with van der Waals surface area (Å²) in [5, 5.41) is 9.43. The molecule has 0 amide bonds. The van der Waals surface area contributed by atoms with Gasteiger partial charge in [0.15, 0.2) is 0 Å². The van der Waals surface area contributed by atoms with Crippen molar-refractivity contribution in [2.75, 3.05) is 31.1 Å². The van der Waals surface area contributed by atoms with Crippen molar-refractivity contribution in [3.8, 4) is 16.9 Å². The lowest BCUT2D eigenvalue weighted by Crippen LogP contribution is -2.45. The van der Waals surface area contributed by atoms with E-state index in [9.17, 15) is 5.11 Å². The molecule has 0 unspecified atom stereocenters. The zero-order valence-electron chi connectivity index (χ0n) is 14.9. The van der Waals surface area contributed by atoms with Crippen LogP contribution in [-0.4, -0.2) is 36.2 Å². The normalized spacial score (nSPS) is 15.2. The Morgan fingerprint density at radius 3 is 1.92 bits per heavy atom. The smallest absolute Gasteiger partial charge is 0.115 e. The summed E-state index contributed by atoms with van der Waals surface area (Å²) in [4.78, 5) is 4.89. The van der Waals surface area contributed by atoms with Crippen LogP contribution < -0.4 is 4.90 Å². The number of phenols is 1. The van der Waals surface area contributed by atoms with Gasteiger partial charge < -0.3 is 10.0 Å². The summed E-state index contributed by atoms with van der Waals surface area (Å²) < 4.78 is 0. The van der Waals surface area contributed by atoms with Crippen molar-refractivity contribution in [3.05, 3.63) is 84.4 Å². The van der Waals surface area contributed by atoms with Gasteiger partial charge in [0, 0.05) is 38.4 Å². The number of benzene rings is 3. The Morgan fingerprint density at radius 2 is 1.27 bits per heavy atom. The topological polar surface area (TPSA) is 26.7 Å². The van der Waals surface area contributed by atoms with Crippen LogP contribution in [0.1, 0.15) is 5.56 Å². The first-order valence-electron chi connectivity index (χ1n) is 9.19. The Hall–Kier alpha value is -2.78. The van der Waals surface area contributed by atoms with E-state index in [4.69, 9.17) is 0 Å². The third-order valence-electron chi connectivity index (χ3n) is 5.05. The Morgan fingerprint density at radius 1 is 0.654 bits per heavy atom. The zero-order chi connectivity index (χ0) is 17.8. The fourth-order valence-corrected chi connectivity index (χ4v) is 3.52. The average Bonchev–Trinajstić information content (AvgIpc) is 2.71. The SMILES string of the molecule is Oc1ccc(N2CCN(Cc3ccc(-c4ccccc4)cc3)CC2)cc1. The molecule has 0 aliphatic carbocycles. The molecule has 0 spiro atoms. The fraction of sp³-hybridized carbons (Fsp3) is 0.217. The number of anilines is 1. The number of piperazine rings is 1. The van der Waals surface area contributed by atoms with E-state index in [1.807, 2.05) is 12.1 Å². The second-order valence-corrected chi connectivity index (χ2v) is 6.84. The van der Waals surface area contributed by atoms with Gasteiger partial charge in [-0.25, -0.2) is 0 Å². The van der Waals surface area contributed by atoms with Crippen molar-refractivity contribution in [1.82, 2.24) is 4.90 Å². The summed E-state index contributed by atoms with van der Waals surface area (Å²) in [7, 11) is 0. The highest BCUT2D eigenvalue weighted by molar-refractivity contribution is 5.63. The zero-order valence-corrected chi connectivity index (χ0v) is 14.9. The van der Waals surface area contributed by atoms with Gasteiger partial charge in [-0.3, -0.25) is 4.90 Å². The summed E-state index contributed by atoms with van der Waals surface area (Å²) in [6.07, 6.45) is 0. The lowest BCUT2D eigenvalue weighted by molar-refractivity contribution is 0.250. The first-order chi connectivity index (χ1) is 12.8. The molecule has 3 aromatic rings. The summed E-state index contributed by atoms with van der Waals surface area (Å²) >= 11 is 0. The van der Waals surface area contributed by atoms with Gasteiger partial charge in [0.1, 0.15) is 5.75 Å². The molecule has 4 rings (SSSR count). The van der Waals surface area contributed by atoms with E-state index in [-0.39, 0.29) is 0 Å². The Bertz CT molecular complexity index is 820. The molecule has 26 heavy (non-hydrogen) atoms. The second-order valence-electron chi connectivity index (χ2n) is 6.84. The summed E-state index contributed by atoms with van der Waals surface area (Å²) in [5.74, 6) is 0.325. The van der Waals surface area contributed by atoms with Crippen LogP contribution >= 0.6 is 0 Å². The molecule has 1 saturated heterocycles. The van der Waals surface area contributed by atoms with E-state index in [0.717, 1.165) is 32.7 Å². The van der Waals surface area contributed by atoms with Gasteiger partial charge in [-0.05, 0) is 41.0 Å². The van der Waals surface area contributed by atoms with E-state index >= 15 is 0 Å². The molecule has 3 aromatic carbocycles. The molecule has 1 aliphatic rings. The minimum Gasteiger partial charge on any atom is -0.508 e. The van der Waals surface area contributed by atoms with E-state index in [0.29, 0.717) is 5.75 Å². The number of phenolic OH excluding ortho intramolecular Hbond substituents is 1. The Balaban J connectivity index is 1.33. The predicted octanol–water partition coefficient (Wildman–Crippen LogP) is 4.38. The minimum absolute atomic E-state index is 0.325. The summed E-state index contributed by atoms with van der Waals surface area (Å²) in [6, 6.07) is 26.9. The molecular weight excluding hydrogens is 320 g/mol. The van der Waals surface area contributed by atoms with Crippen LogP contribution in [0.4, 0.5) is 5.69 Å². The Labute approximate surface area is 155 Å². The standard InChI is InChI=1S/C23H24N2O/c26-23-12-10-22(11-13-23)25-16-14-24(15-17-25)18-19-6-8-21(9-7-19)20-4-2-1-3-5-20/h1-13,26H,14-18H2. The molecule has 0 aromatic heterocycles. The quantitative estimate of drug-likeness (QED) is 0.761. The van der Waals surface area contributed by atoms with Crippen molar-refractivity contribution in [2.45, 2.75) is 6.54 Å². The minimum atomic E-state index is 0.325. The van der Waals surface area contributed by atoms with E-state index < -0.39 is 0 Å². The lowest BCUT2D eigenvalue weighted by Gasteiger charge is -2.36. The highest BCUT2D eigenvalue weighted by atomic mass is 16.3. The van der Waals surface area contributed by atoms with Crippen molar-refractivity contribution >= 4 is 5.69 Å². The van der Waals surface area contributed by atoms with E-state index in [1.165, 1.54) is 22.4 Å². The van der Waals surface area contributed by atoms with Gasteiger partial charge in [0.2, 0.25) is 0 Å². The highest BCUT2D eigenvalue weighted by Gasteiger charge is 2.17. The fourth-order valence-electron chi connectivity index (χ4n) is 3.52. The van der Waals surface area contributed by atoms with Crippen molar-refractivity contribution in [2.24, 2.45) is 0 Å². The molecule has 1 N–H and O–H groups in total. The third kappa shape index (κ3) is 3.89. The molecule has 3 nitrogen and oxygen atoms in total. The first-order valence-corrected chi connectivity index (χ1v) is 9.19. The van der Waals surface area contributed by atoms with Crippen molar-refractivity contribution in [3.63, 3.8) is 0 Å². The molecule has 132 valence electrons. The number of rotatable bonds is 4. The molecule has 3 heteroatoms.